The summed E-state index contributed by atoms with van der Waals surface area (Å²) < 4.78 is 5.53. The number of benzene rings is 2. The van der Waals surface area contributed by atoms with Crippen molar-refractivity contribution in [3.63, 3.8) is 0 Å². The Labute approximate surface area is 203 Å². The molecule has 1 heterocycles. The van der Waals surface area contributed by atoms with E-state index < -0.39 is 24.0 Å². The number of amides is 2. The fourth-order valence-corrected chi connectivity index (χ4v) is 4.37. The Hall–Kier alpha value is -4.20. The largest absolute Gasteiger partial charge is 0.481 e. The van der Waals surface area contributed by atoms with Crippen LogP contribution in [0.3, 0.4) is 0 Å². The average Bonchev–Trinajstić information content (AvgIpc) is 3.19. The number of nitrogens with zero attached hydrogens (tertiary/aromatic N) is 1. The van der Waals surface area contributed by atoms with Gasteiger partial charge in [-0.25, -0.2) is 4.79 Å². The zero-order valence-electron chi connectivity index (χ0n) is 19.3. The number of hydrogen-bond donors (Lipinski definition) is 3. The molecule has 0 radical (unpaired) electrons. The molecule has 2 atom stereocenters. The van der Waals surface area contributed by atoms with Crippen LogP contribution in [0.2, 0.25) is 0 Å². The minimum absolute atomic E-state index is 0.0611. The highest BCUT2D eigenvalue weighted by Gasteiger charge is 2.30. The molecule has 2 unspecified atom stereocenters. The SMILES string of the molecule is CC(NC(=O)C(CCC(=O)O)NC(=O)OCC1c2ccccc2-c2ccccc21)c1ccncc1. The van der Waals surface area contributed by atoms with Gasteiger partial charge in [-0.1, -0.05) is 48.5 Å². The van der Waals surface area contributed by atoms with Crippen molar-refractivity contribution in [3.05, 3.63) is 89.7 Å². The molecule has 8 heteroatoms. The molecule has 2 amide bonds. The maximum Gasteiger partial charge on any atom is 0.407 e. The van der Waals surface area contributed by atoms with Crippen LogP contribution in [0.4, 0.5) is 4.79 Å². The van der Waals surface area contributed by atoms with E-state index in [0.29, 0.717) is 0 Å². The zero-order valence-corrected chi connectivity index (χ0v) is 19.3. The first-order valence-electron chi connectivity index (χ1n) is 11.5. The summed E-state index contributed by atoms with van der Waals surface area (Å²) in [4.78, 5) is 40.6. The Bertz CT molecular complexity index is 1170. The number of carboxylic acids is 1. The molecule has 8 nitrogen and oxygen atoms in total. The van der Waals surface area contributed by atoms with Crippen LogP contribution in [-0.4, -0.2) is 40.7 Å². The van der Waals surface area contributed by atoms with Crippen molar-refractivity contribution in [2.24, 2.45) is 0 Å². The van der Waals surface area contributed by atoms with Crippen molar-refractivity contribution in [2.75, 3.05) is 6.61 Å². The molecule has 1 aromatic heterocycles. The molecule has 0 spiro atoms. The monoisotopic (exact) mass is 473 g/mol. The number of fused-ring (bicyclic) bond motifs is 3. The van der Waals surface area contributed by atoms with Gasteiger partial charge in [-0.3, -0.25) is 14.6 Å². The van der Waals surface area contributed by atoms with Gasteiger partial charge in [-0.05, 0) is 53.3 Å². The van der Waals surface area contributed by atoms with Crippen LogP contribution < -0.4 is 10.6 Å². The Balaban J connectivity index is 1.41. The Kier molecular flexibility index (Phi) is 7.40. The summed E-state index contributed by atoms with van der Waals surface area (Å²) in [6.07, 6.45) is 2.14. The molecule has 1 aliphatic carbocycles. The maximum absolute atomic E-state index is 12.9. The van der Waals surface area contributed by atoms with Crippen molar-refractivity contribution in [2.45, 2.75) is 37.8 Å². The quantitative estimate of drug-likeness (QED) is 0.432. The summed E-state index contributed by atoms with van der Waals surface area (Å²) >= 11 is 0. The van der Waals surface area contributed by atoms with Crippen molar-refractivity contribution in [3.8, 4) is 11.1 Å². The van der Waals surface area contributed by atoms with E-state index in [4.69, 9.17) is 9.84 Å². The third kappa shape index (κ3) is 5.66. The Morgan fingerprint density at radius 1 is 0.943 bits per heavy atom. The summed E-state index contributed by atoms with van der Waals surface area (Å²) in [6, 6.07) is 18.1. The van der Waals surface area contributed by atoms with Crippen molar-refractivity contribution >= 4 is 18.0 Å². The van der Waals surface area contributed by atoms with E-state index in [0.717, 1.165) is 27.8 Å². The number of aliphatic carboxylic acids is 1. The molecular formula is C27H27N3O5. The molecule has 2 aromatic carbocycles. The second-order valence-corrected chi connectivity index (χ2v) is 8.47. The maximum atomic E-state index is 12.9. The number of pyridine rings is 1. The van der Waals surface area contributed by atoms with E-state index in [-0.39, 0.29) is 31.4 Å². The summed E-state index contributed by atoms with van der Waals surface area (Å²) in [7, 11) is 0. The van der Waals surface area contributed by atoms with E-state index in [9.17, 15) is 14.4 Å². The molecule has 0 fully saturated rings. The first-order valence-corrected chi connectivity index (χ1v) is 11.5. The lowest BCUT2D eigenvalue weighted by Crippen LogP contribution is -2.47. The number of rotatable bonds is 9. The van der Waals surface area contributed by atoms with Gasteiger partial charge < -0.3 is 20.5 Å². The van der Waals surface area contributed by atoms with E-state index in [1.54, 1.807) is 31.5 Å². The number of carbonyl (C=O) groups excluding carboxylic acids is 2. The molecule has 0 saturated heterocycles. The van der Waals surface area contributed by atoms with Gasteiger partial charge in [-0.15, -0.1) is 0 Å². The first kappa shape index (κ1) is 23.9. The summed E-state index contributed by atoms with van der Waals surface area (Å²) in [6.45, 7) is 1.90. The van der Waals surface area contributed by atoms with E-state index in [1.807, 2.05) is 48.5 Å². The fraction of sp³-hybridized carbons (Fsp3) is 0.259. The number of nitrogens with one attached hydrogen (secondary N) is 2. The number of hydrogen-bond acceptors (Lipinski definition) is 5. The topological polar surface area (TPSA) is 118 Å². The minimum atomic E-state index is -1.06. The van der Waals surface area contributed by atoms with Crippen molar-refractivity contribution < 1.29 is 24.2 Å². The molecular weight excluding hydrogens is 446 g/mol. The number of alkyl carbamates (subject to hydrolysis) is 1. The number of carbonyl (C=O) groups is 3. The van der Waals surface area contributed by atoms with Gasteiger partial charge in [0.05, 0.1) is 6.04 Å². The van der Waals surface area contributed by atoms with E-state index >= 15 is 0 Å². The standard InChI is InChI=1S/C27H27N3O5/c1-17(18-12-14-28-15-13-18)29-26(33)24(10-11-25(31)32)30-27(34)35-16-23-21-8-4-2-6-19(21)20-7-3-5-9-22(20)23/h2-9,12-15,17,23-24H,10-11,16H2,1H3,(H,29,33)(H,30,34)(H,31,32). The second-order valence-electron chi connectivity index (χ2n) is 8.47. The highest BCUT2D eigenvalue weighted by atomic mass is 16.5. The minimum Gasteiger partial charge on any atom is -0.481 e. The van der Waals surface area contributed by atoms with Crippen LogP contribution >= 0.6 is 0 Å². The predicted octanol–water partition coefficient (Wildman–Crippen LogP) is 4.03. The van der Waals surface area contributed by atoms with Gasteiger partial charge >= 0.3 is 12.1 Å². The third-order valence-electron chi connectivity index (χ3n) is 6.16. The predicted molar refractivity (Wildman–Crippen MR) is 130 cm³/mol. The number of ether oxygens (including phenoxy) is 1. The second kappa shape index (κ2) is 10.8. The zero-order chi connectivity index (χ0) is 24.8. The number of aromatic nitrogens is 1. The van der Waals surface area contributed by atoms with Crippen LogP contribution in [0.1, 0.15) is 48.4 Å². The van der Waals surface area contributed by atoms with Gasteiger partial charge in [0.2, 0.25) is 5.91 Å². The van der Waals surface area contributed by atoms with Gasteiger partial charge in [0.25, 0.3) is 0 Å². The Morgan fingerprint density at radius 2 is 1.54 bits per heavy atom. The Morgan fingerprint density at radius 3 is 2.14 bits per heavy atom. The fourth-order valence-electron chi connectivity index (χ4n) is 4.37. The number of carboxylic acid groups (broad SMARTS) is 1. The molecule has 0 saturated carbocycles. The average molecular weight is 474 g/mol. The normalized spacial score (nSPS) is 13.7. The third-order valence-corrected chi connectivity index (χ3v) is 6.16. The molecule has 3 N–H and O–H groups in total. The first-order chi connectivity index (χ1) is 16.9. The molecule has 0 aliphatic heterocycles. The molecule has 3 aromatic rings. The van der Waals surface area contributed by atoms with Gasteiger partial charge in [0.15, 0.2) is 0 Å². The summed E-state index contributed by atoms with van der Waals surface area (Å²) in [5, 5.41) is 14.5. The van der Waals surface area contributed by atoms with E-state index in [1.165, 1.54) is 0 Å². The highest BCUT2D eigenvalue weighted by Crippen LogP contribution is 2.44. The van der Waals surface area contributed by atoms with Crippen molar-refractivity contribution in [1.82, 2.24) is 15.6 Å². The van der Waals surface area contributed by atoms with Crippen molar-refractivity contribution in [1.29, 1.82) is 0 Å². The summed E-state index contributed by atoms with van der Waals surface area (Å²) in [5.74, 6) is -1.66. The molecule has 4 rings (SSSR count). The van der Waals surface area contributed by atoms with Gasteiger partial charge in [0, 0.05) is 24.7 Å². The summed E-state index contributed by atoms with van der Waals surface area (Å²) in [5.41, 5.74) is 5.22. The molecule has 0 bridgehead atoms. The molecule has 180 valence electrons. The molecule has 1 aliphatic rings. The van der Waals surface area contributed by atoms with Crippen LogP contribution in [0.25, 0.3) is 11.1 Å². The lowest BCUT2D eigenvalue weighted by molar-refractivity contribution is -0.137. The lowest BCUT2D eigenvalue weighted by atomic mass is 9.98. The van der Waals surface area contributed by atoms with Crippen LogP contribution in [0.5, 0.6) is 0 Å². The van der Waals surface area contributed by atoms with Gasteiger partial charge in [-0.2, -0.15) is 0 Å². The highest BCUT2D eigenvalue weighted by molar-refractivity contribution is 5.86. The van der Waals surface area contributed by atoms with Crippen LogP contribution in [0.15, 0.2) is 73.1 Å². The van der Waals surface area contributed by atoms with Crippen LogP contribution in [0, 0.1) is 0 Å². The smallest absolute Gasteiger partial charge is 0.407 e. The van der Waals surface area contributed by atoms with Gasteiger partial charge in [0.1, 0.15) is 12.6 Å². The lowest BCUT2D eigenvalue weighted by Gasteiger charge is -2.22. The molecule has 35 heavy (non-hydrogen) atoms. The van der Waals surface area contributed by atoms with E-state index in [2.05, 4.69) is 15.6 Å². The van der Waals surface area contributed by atoms with Crippen LogP contribution in [-0.2, 0) is 14.3 Å².